The first-order valence-electron chi connectivity index (χ1n) is 6.37. The summed E-state index contributed by atoms with van der Waals surface area (Å²) >= 11 is 0. The first-order valence-corrected chi connectivity index (χ1v) is 6.37. The average molecular weight is 245 g/mol. The van der Waals surface area contributed by atoms with E-state index in [2.05, 4.69) is 35.0 Å². The predicted molar refractivity (Wildman–Crippen MR) is 70.7 cm³/mol. The van der Waals surface area contributed by atoms with E-state index in [0.717, 1.165) is 36.2 Å². The van der Waals surface area contributed by atoms with Gasteiger partial charge in [0.2, 0.25) is 0 Å². The van der Waals surface area contributed by atoms with Crippen molar-refractivity contribution in [3.05, 3.63) is 35.4 Å². The van der Waals surface area contributed by atoms with E-state index in [0.29, 0.717) is 12.5 Å². The van der Waals surface area contributed by atoms with E-state index in [1.807, 2.05) is 17.1 Å². The quantitative estimate of drug-likeness (QED) is 0.861. The summed E-state index contributed by atoms with van der Waals surface area (Å²) in [6.07, 6.45) is 6.29. The van der Waals surface area contributed by atoms with Crippen LogP contribution in [-0.4, -0.2) is 26.3 Å². The van der Waals surface area contributed by atoms with Gasteiger partial charge in [0.15, 0.2) is 0 Å². The molecule has 2 N–H and O–H groups in total. The van der Waals surface area contributed by atoms with Gasteiger partial charge in [-0.05, 0) is 37.4 Å². The van der Waals surface area contributed by atoms with Gasteiger partial charge in [-0.25, -0.2) is 14.6 Å². The Hall–Kier alpha value is -1.75. The zero-order valence-corrected chi connectivity index (χ0v) is 10.9. The van der Waals surface area contributed by atoms with E-state index in [1.54, 1.807) is 0 Å². The summed E-state index contributed by atoms with van der Waals surface area (Å²) in [6, 6.07) is 2.11. The van der Waals surface area contributed by atoms with Crippen LogP contribution in [0.4, 0.5) is 0 Å². The second kappa shape index (κ2) is 5.73. The number of nitrogens with zero attached hydrogens (tertiary/aromatic N) is 4. The van der Waals surface area contributed by atoms with Crippen molar-refractivity contribution < 1.29 is 0 Å². The van der Waals surface area contributed by atoms with Crippen molar-refractivity contribution in [1.82, 2.24) is 19.7 Å². The molecule has 2 aromatic rings. The lowest BCUT2D eigenvalue weighted by Gasteiger charge is -2.04. The molecule has 0 saturated carbocycles. The smallest absolute Gasteiger partial charge is 0.250 e. The van der Waals surface area contributed by atoms with Gasteiger partial charge in [-0.2, -0.15) is 5.10 Å². The van der Waals surface area contributed by atoms with Gasteiger partial charge in [-0.15, -0.1) is 0 Å². The first kappa shape index (κ1) is 12.7. The minimum atomic E-state index is 0.616. The average Bonchev–Trinajstić information content (AvgIpc) is 2.83. The number of hydrogen-bond donors (Lipinski definition) is 1. The SMILES string of the molecule is CCc1cc(CC)n(-c2ncc(CCN)cn2)n1. The Labute approximate surface area is 107 Å². The summed E-state index contributed by atoms with van der Waals surface area (Å²) in [4.78, 5) is 8.72. The molecular formula is C13H19N5. The highest BCUT2D eigenvalue weighted by molar-refractivity contribution is 5.21. The maximum atomic E-state index is 5.50. The van der Waals surface area contributed by atoms with Crippen molar-refractivity contribution >= 4 is 0 Å². The fourth-order valence-corrected chi connectivity index (χ4v) is 1.83. The molecule has 0 fully saturated rings. The van der Waals surface area contributed by atoms with Crippen LogP contribution in [0.3, 0.4) is 0 Å². The van der Waals surface area contributed by atoms with E-state index in [4.69, 9.17) is 5.73 Å². The maximum Gasteiger partial charge on any atom is 0.250 e. The van der Waals surface area contributed by atoms with Gasteiger partial charge in [0, 0.05) is 18.1 Å². The summed E-state index contributed by atoms with van der Waals surface area (Å²) in [5.41, 5.74) is 8.77. The second-order valence-corrected chi connectivity index (χ2v) is 4.18. The summed E-state index contributed by atoms with van der Waals surface area (Å²) in [5, 5.41) is 4.51. The number of rotatable bonds is 5. The van der Waals surface area contributed by atoms with Gasteiger partial charge >= 0.3 is 0 Å². The molecule has 0 aliphatic heterocycles. The minimum Gasteiger partial charge on any atom is -0.330 e. The molecule has 0 unspecified atom stereocenters. The number of hydrogen-bond acceptors (Lipinski definition) is 4. The lowest BCUT2D eigenvalue weighted by atomic mass is 10.2. The van der Waals surface area contributed by atoms with Crippen molar-refractivity contribution in [1.29, 1.82) is 0 Å². The lowest BCUT2D eigenvalue weighted by molar-refractivity contribution is 0.742. The third-order valence-corrected chi connectivity index (χ3v) is 2.87. The summed E-state index contributed by atoms with van der Waals surface area (Å²) < 4.78 is 1.82. The van der Waals surface area contributed by atoms with E-state index in [1.165, 1.54) is 0 Å². The fraction of sp³-hybridized carbons (Fsp3) is 0.462. The van der Waals surface area contributed by atoms with Crippen molar-refractivity contribution in [3.8, 4) is 5.95 Å². The van der Waals surface area contributed by atoms with E-state index in [-0.39, 0.29) is 0 Å². The monoisotopic (exact) mass is 245 g/mol. The predicted octanol–water partition coefficient (Wildman–Crippen LogP) is 1.29. The molecular weight excluding hydrogens is 226 g/mol. The van der Waals surface area contributed by atoms with Crippen molar-refractivity contribution in [2.24, 2.45) is 5.73 Å². The molecule has 5 heteroatoms. The van der Waals surface area contributed by atoms with Gasteiger partial charge in [-0.3, -0.25) is 0 Å². The molecule has 2 heterocycles. The van der Waals surface area contributed by atoms with Gasteiger partial charge in [0.25, 0.3) is 5.95 Å². The van der Waals surface area contributed by atoms with E-state index in [9.17, 15) is 0 Å². The number of aryl methyl sites for hydroxylation is 2. The van der Waals surface area contributed by atoms with Crippen molar-refractivity contribution in [2.45, 2.75) is 33.1 Å². The van der Waals surface area contributed by atoms with Crippen LogP contribution in [0, 0.1) is 0 Å². The molecule has 96 valence electrons. The topological polar surface area (TPSA) is 69.6 Å². The molecule has 0 aliphatic rings. The number of nitrogens with two attached hydrogens (primary N) is 1. The molecule has 0 spiro atoms. The normalized spacial score (nSPS) is 10.8. The van der Waals surface area contributed by atoms with Crippen LogP contribution in [0.1, 0.15) is 30.8 Å². The number of aromatic nitrogens is 4. The second-order valence-electron chi connectivity index (χ2n) is 4.18. The fourth-order valence-electron chi connectivity index (χ4n) is 1.83. The Morgan fingerprint density at radius 2 is 1.89 bits per heavy atom. The maximum absolute atomic E-state index is 5.50. The molecule has 0 aromatic carbocycles. The minimum absolute atomic E-state index is 0.616. The van der Waals surface area contributed by atoms with Crippen molar-refractivity contribution in [3.63, 3.8) is 0 Å². The molecule has 0 atom stereocenters. The Bertz CT molecular complexity index is 501. The summed E-state index contributed by atoms with van der Waals surface area (Å²) in [7, 11) is 0. The zero-order chi connectivity index (χ0) is 13.0. The summed E-state index contributed by atoms with van der Waals surface area (Å²) in [5.74, 6) is 0.632. The van der Waals surface area contributed by atoms with E-state index < -0.39 is 0 Å². The van der Waals surface area contributed by atoms with Gasteiger partial charge in [-0.1, -0.05) is 13.8 Å². The molecule has 2 rings (SSSR count). The third kappa shape index (κ3) is 2.56. The Kier molecular flexibility index (Phi) is 4.04. The highest BCUT2D eigenvalue weighted by Gasteiger charge is 2.09. The molecule has 18 heavy (non-hydrogen) atoms. The molecule has 0 saturated heterocycles. The lowest BCUT2D eigenvalue weighted by Crippen LogP contribution is -2.08. The highest BCUT2D eigenvalue weighted by atomic mass is 15.4. The Morgan fingerprint density at radius 1 is 1.17 bits per heavy atom. The zero-order valence-electron chi connectivity index (χ0n) is 10.9. The molecule has 0 aliphatic carbocycles. The van der Waals surface area contributed by atoms with E-state index >= 15 is 0 Å². The van der Waals surface area contributed by atoms with Crippen LogP contribution in [0.25, 0.3) is 5.95 Å². The van der Waals surface area contributed by atoms with Crippen LogP contribution >= 0.6 is 0 Å². The van der Waals surface area contributed by atoms with Gasteiger partial charge < -0.3 is 5.73 Å². The molecule has 0 radical (unpaired) electrons. The Morgan fingerprint density at radius 3 is 2.44 bits per heavy atom. The molecule has 2 aromatic heterocycles. The third-order valence-electron chi connectivity index (χ3n) is 2.87. The van der Waals surface area contributed by atoms with Crippen LogP contribution in [-0.2, 0) is 19.3 Å². The largest absolute Gasteiger partial charge is 0.330 e. The highest BCUT2D eigenvalue weighted by Crippen LogP contribution is 2.10. The van der Waals surface area contributed by atoms with Crippen LogP contribution in [0.15, 0.2) is 18.5 Å². The Balaban J connectivity index is 2.32. The van der Waals surface area contributed by atoms with Gasteiger partial charge in [0.05, 0.1) is 5.69 Å². The molecule has 5 nitrogen and oxygen atoms in total. The van der Waals surface area contributed by atoms with Crippen molar-refractivity contribution in [2.75, 3.05) is 6.54 Å². The summed E-state index contributed by atoms with van der Waals surface area (Å²) in [6.45, 7) is 4.82. The van der Waals surface area contributed by atoms with Crippen LogP contribution in [0.2, 0.25) is 0 Å². The standard InChI is InChI=1S/C13H19N5/c1-3-11-7-12(4-2)18(17-11)13-15-8-10(5-6-14)9-16-13/h7-9H,3-6,14H2,1-2H3. The molecule has 0 bridgehead atoms. The van der Waals surface area contributed by atoms with Crippen LogP contribution < -0.4 is 5.73 Å². The van der Waals surface area contributed by atoms with Crippen LogP contribution in [0.5, 0.6) is 0 Å². The first-order chi connectivity index (χ1) is 8.78. The molecule has 0 amide bonds. The van der Waals surface area contributed by atoms with Gasteiger partial charge in [0.1, 0.15) is 0 Å².